The maximum absolute atomic E-state index is 5.90. The summed E-state index contributed by atoms with van der Waals surface area (Å²) in [6.07, 6.45) is 3.71. The normalized spacial score (nSPS) is 16.7. The highest BCUT2D eigenvalue weighted by Gasteiger charge is 2.43. The van der Waals surface area contributed by atoms with Gasteiger partial charge in [0.25, 0.3) is 0 Å². The highest BCUT2D eigenvalue weighted by molar-refractivity contribution is 6.62. The number of rotatable bonds is 3. The Morgan fingerprint density at radius 1 is 1.36 bits per heavy atom. The molecular weight excluding hydrogens is 279 g/mol. The number of nitrogens with zero attached hydrogens (tertiary/aromatic N) is 2. The number of imidazole rings is 1. The molecule has 0 bridgehead atoms. The van der Waals surface area contributed by atoms with Crippen LogP contribution in [0, 0.1) is 6.92 Å². The summed E-state index contributed by atoms with van der Waals surface area (Å²) in [7, 11) is 1.18. The van der Waals surface area contributed by atoms with Crippen molar-refractivity contribution < 1.29 is 14.0 Å². The van der Waals surface area contributed by atoms with Gasteiger partial charge in [0.05, 0.1) is 30.6 Å². The Kier molecular flexibility index (Phi) is 3.49. The number of hydrogen-bond donors (Lipinski definition) is 0. The second kappa shape index (κ2) is 5.21. The zero-order chi connectivity index (χ0) is 15.9. The Morgan fingerprint density at radius 2 is 2.14 bits per heavy atom. The SMILES string of the molecule is C=C1OB(c2ccc(-n3cnc(C)c3)c(OC)c2)OC1(C)C. The molecule has 1 aliphatic rings. The highest BCUT2D eigenvalue weighted by atomic mass is 16.7. The first-order valence-corrected chi connectivity index (χ1v) is 7.13. The zero-order valence-electron chi connectivity index (χ0n) is 13.3. The molecule has 1 saturated heterocycles. The lowest BCUT2D eigenvalue weighted by molar-refractivity contribution is 0.173. The van der Waals surface area contributed by atoms with Gasteiger partial charge in [0, 0.05) is 11.7 Å². The lowest BCUT2D eigenvalue weighted by Crippen LogP contribution is -2.34. The lowest BCUT2D eigenvalue weighted by atomic mass is 9.79. The Balaban J connectivity index is 1.94. The van der Waals surface area contributed by atoms with Gasteiger partial charge in [-0.05, 0) is 32.9 Å². The van der Waals surface area contributed by atoms with Crippen molar-refractivity contribution in [2.75, 3.05) is 7.11 Å². The van der Waals surface area contributed by atoms with Crippen molar-refractivity contribution in [1.29, 1.82) is 0 Å². The highest BCUT2D eigenvalue weighted by Crippen LogP contribution is 2.30. The molecule has 1 aromatic heterocycles. The summed E-state index contributed by atoms with van der Waals surface area (Å²) in [6.45, 7) is 9.73. The van der Waals surface area contributed by atoms with Gasteiger partial charge in [-0.25, -0.2) is 4.98 Å². The minimum absolute atomic E-state index is 0.463. The fourth-order valence-electron chi connectivity index (χ4n) is 2.37. The Bertz CT molecular complexity index is 724. The molecule has 1 aliphatic heterocycles. The molecule has 0 atom stereocenters. The van der Waals surface area contributed by atoms with Crippen LogP contribution in [0.15, 0.2) is 43.1 Å². The molecule has 3 rings (SSSR count). The first-order chi connectivity index (χ1) is 10.4. The first kappa shape index (κ1) is 14.7. The van der Waals surface area contributed by atoms with Crippen LogP contribution >= 0.6 is 0 Å². The van der Waals surface area contributed by atoms with Crippen molar-refractivity contribution in [3.05, 3.63) is 48.8 Å². The zero-order valence-corrected chi connectivity index (χ0v) is 13.3. The van der Waals surface area contributed by atoms with Gasteiger partial charge in [0.1, 0.15) is 11.4 Å². The van der Waals surface area contributed by atoms with Crippen molar-refractivity contribution in [1.82, 2.24) is 9.55 Å². The summed E-state index contributed by atoms with van der Waals surface area (Å²) in [5.74, 6) is 1.36. The predicted molar refractivity (Wildman–Crippen MR) is 85.6 cm³/mol. The molecule has 2 aromatic rings. The molecule has 0 amide bonds. The predicted octanol–water partition coefficient (Wildman–Crippen LogP) is 2.22. The third-order valence-corrected chi connectivity index (χ3v) is 3.79. The van der Waals surface area contributed by atoms with E-state index in [2.05, 4.69) is 11.6 Å². The van der Waals surface area contributed by atoms with E-state index in [0.717, 1.165) is 22.6 Å². The number of benzene rings is 1. The van der Waals surface area contributed by atoms with Gasteiger partial charge in [-0.3, -0.25) is 0 Å². The molecule has 1 fully saturated rings. The lowest BCUT2D eigenvalue weighted by Gasteiger charge is -2.16. The van der Waals surface area contributed by atoms with Crippen LogP contribution in [0.2, 0.25) is 0 Å². The maximum atomic E-state index is 5.90. The molecule has 0 aliphatic carbocycles. The number of aromatic nitrogens is 2. The van der Waals surface area contributed by atoms with E-state index >= 15 is 0 Å². The molecule has 6 heteroatoms. The van der Waals surface area contributed by atoms with Crippen LogP contribution in [-0.4, -0.2) is 29.4 Å². The fourth-order valence-corrected chi connectivity index (χ4v) is 2.37. The van der Waals surface area contributed by atoms with E-state index in [9.17, 15) is 0 Å². The molecule has 0 spiro atoms. The molecule has 0 radical (unpaired) electrons. The summed E-state index contributed by atoms with van der Waals surface area (Å²) < 4.78 is 19.1. The molecule has 114 valence electrons. The summed E-state index contributed by atoms with van der Waals surface area (Å²) in [5.41, 5.74) is 2.27. The average Bonchev–Trinajstić information content (AvgIpc) is 3.02. The molecule has 0 N–H and O–H groups in total. The van der Waals surface area contributed by atoms with Crippen LogP contribution in [0.25, 0.3) is 5.69 Å². The van der Waals surface area contributed by atoms with Gasteiger partial charge in [0.15, 0.2) is 0 Å². The van der Waals surface area contributed by atoms with Crippen LogP contribution in [0.3, 0.4) is 0 Å². The van der Waals surface area contributed by atoms with Crippen molar-refractivity contribution in [2.24, 2.45) is 0 Å². The number of aryl methyl sites for hydroxylation is 1. The fraction of sp³-hybridized carbons (Fsp3) is 0.312. The number of ether oxygens (including phenoxy) is 1. The monoisotopic (exact) mass is 298 g/mol. The smallest absolute Gasteiger partial charge is 0.534 e. The summed E-state index contributed by atoms with van der Waals surface area (Å²) >= 11 is 0. The van der Waals surface area contributed by atoms with E-state index in [1.807, 2.05) is 49.7 Å². The molecule has 5 nitrogen and oxygen atoms in total. The van der Waals surface area contributed by atoms with Gasteiger partial charge >= 0.3 is 7.12 Å². The second-order valence-electron chi connectivity index (χ2n) is 5.85. The maximum Gasteiger partial charge on any atom is 0.563 e. The van der Waals surface area contributed by atoms with Crippen molar-refractivity contribution >= 4 is 12.6 Å². The summed E-state index contributed by atoms with van der Waals surface area (Å²) in [5, 5.41) is 0. The minimum atomic E-state index is -0.488. The van der Waals surface area contributed by atoms with Crippen LogP contribution in [0.1, 0.15) is 19.5 Å². The first-order valence-electron chi connectivity index (χ1n) is 7.13. The third kappa shape index (κ3) is 2.50. The van der Waals surface area contributed by atoms with Crippen molar-refractivity contribution in [3.8, 4) is 11.4 Å². The van der Waals surface area contributed by atoms with E-state index in [0.29, 0.717) is 5.76 Å². The average molecular weight is 298 g/mol. The van der Waals surface area contributed by atoms with Crippen LogP contribution < -0.4 is 10.2 Å². The van der Waals surface area contributed by atoms with Crippen LogP contribution in [0.4, 0.5) is 0 Å². The van der Waals surface area contributed by atoms with E-state index in [4.69, 9.17) is 14.0 Å². The summed E-state index contributed by atoms with van der Waals surface area (Å²) in [4.78, 5) is 4.24. The third-order valence-electron chi connectivity index (χ3n) is 3.79. The largest absolute Gasteiger partial charge is 0.563 e. The summed E-state index contributed by atoms with van der Waals surface area (Å²) in [6, 6.07) is 5.85. The number of hydrogen-bond acceptors (Lipinski definition) is 4. The van der Waals surface area contributed by atoms with Crippen LogP contribution in [0.5, 0.6) is 5.75 Å². The number of methoxy groups -OCH3 is 1. The Hall–Kier alpha value is -2.21. The molecule has 0 unspecified atom stereocenters. The van der Waals surface area contributed by atoms with E-state index < -0.39 is 12.7 Å². The van der Waals surface area contributed by atoms with Gasteiger partial charge < -0.3 is 18.6 Å². The molecular formula is C16H19BN2O3. The van der Waals surface area contributed by atoms with Crippen LogP contribution in [-0.2, 0) is 9.31 Å². The minimum Gasteiger partial charge on any atom is -0.534 e. The van der Waals surface area contributed by atoms with E-state index in [1.54, 1.807) is 13.4 Å². The Morgan fingerprint density at radius 3 is 2.68 bits per heavy atom. The van der Waals surface area contributed by atoms with Gasteiger partial charge in [-0.1, -0.05) is 12.6 Å². The molecule has 22 heavy (non-hydrogen) atoms. The molecule has 2 heterocycles. The van der Waals surface area contributed by atoms with E-state index in [1.165, 1.54) is 0 Å². The van der Waals surface area contributed by atoms with E-state index in [-0.39, 0.29) is 0 Å². The van der Waals surface area contributed by atoms with Gasteiger partial charge in [-0.15, -0.1) is 0 Å². The topological polar surface area (TPSA) is 45.5 Å². The van der Waals surface area contributed by atoms with Crippen molar-refractivity contribution in [3.63, 3.8) is 0 Å². The quantitative estimate of drug-likeness (QED) is 0.815. The standard InChI is InChI=1S/C16H19BN2O3/c1-11-9-19(10-18-11)14-7-6-13(8-15(14)20-5)17-21-12(2)16(3,4)22-17/h6-10H,2H2,1,3-5H3. The van der Waals surface area contributed by atoms with Crippen molar-refractivity contribution in [2.45, 2.75) is 26.4 Å². The molecule has 1 aromatic carbocycles. The molecule has 0 saturated carbocycles. The second-order valence-corrected chi connectivity index (χ2v) is 5.85. The van der Waals surface area contributed by atoms with Gasteiger partial charge in [0.2, 0.25) is 0 Å². The van der Waals surface area contributed by atoms with Gasteiger partial charge in [-0.2, -0.15) is 0 Å². The Labute approximate surface area is 130 Å².